The van der Waals surface area contributed by atoms with E-state index < -0.39 is 11.9 Å². The van der Waals surface area contributed by atoms with Crippen molar-refractivity contribution in [1.29, 1.82) is 0 Å². The standard InChI is InChI=1S/C14H6Cl5NO3/c15-8-7(9(16)11(18)12(19)10(8)17)13(21)20-23-14(22)6-4-2-1-3-5-6/h1-5H,(H,20,21). The number of halogens is 5. The van der Waals surface area contributed by atoms with E-state index in [1.807, 2.05) is 5.48 Å². The van der Waals surface area contributed by atoms with Gasteiger partial charge in [0.1, 0.15) is 0 Å². The molecule has 23 heavy (non-hydrogen) atoms. The number of carbonyl (C=O) groups excluding carboxylic acids is 2. The number of benzene rings is 2. The van der Waals surface area contributed by atoms with Crippen LogP contribution in [-0.2, 0) is 4.84 Å². The van der Waals surface area contributed by atoms with Gasteiger partial charge in [0.2, 0.25) is 0 Å². The molecule has 0 spiro atoms. The molecule has 0 saturated heterocycles. The third kappa shape index (κ3) is 3.84. The first kappa shape index (κ1) is 18.2. The smallest absolute Gasteiger partial charge is 0.335 e. The zero-order valence-corrected chi connectivity index (χ0v) is 14.8. The van der Waals surface area contributed by atoms with E-state index in [1.165, 1.54) is 12.1 Å². The summed E-state index contributed by atoms with van der Waals surface area (Å²) in [6, 6.07) is 8.05. The van der Waals surface area contributed by atoms with Crippen LogP contribution in [0.3, 0.4) is 0 Å². The van der Waals surface area contributed by atoms with Crippen molar-refractivity contribution in [2.45, 2.75) is 0 Å². The second-order valence-corrected chi connectivity index (χ2v) is 6.02. The van der Waals surface area contributed by atoms with Gasteiger partial charge in [0, 0.05) is 0 Å². The van der Waals surface area contributed by atoms with Gasteiger partial charge < -0.3 is 4.84 Å². The van der Waals surface area contributed by atoms with Gasteiger partial charge in [-0.05, 0) is 12.1 Å². The van der Waals surface area contributed by atoms with E-state index in [0.717, 1.165) is 0 Å². The number of hydrogen-bond acceptors (Lipinski definition) is 3. The normalized spacial score (nSPS) is 10.3. The number of carbonyl (C=O) groups is 2. The van der Waals surface area contributed by atoms with Crippen molar-refractivity contribution in [2.24, 2.45) is 0 Å². The molecule has 1 N–H and O–H groups in total. The van der Waals surface area contributed by atoms with E-state index in [0.29, 0.717) is 0 Å². The van der Waals surface area contributed by atoms with Crippen LogP contribution in [-0.4, -0.2) is 11.9 Å². The maximum absolute atomic E-state index is 12.1. The van der Waals surface area contributed by atoms with Crippen molar-refractivity contribution in [2.75, 3.05) is 0 Å². The first-order valence-corrected chi connectivity index (χ1v) is 7.81. The maximum atomic E-state index is 12.1. The van der Waals surface area contributed by atoms with Crippen LogP contribution in [0.1, 0.15) is 20.7 Å². The van der Waals surface area contributed by atoms with Gasteiger partial charge in [-0.2, -0.15) is 5.48 Å². The van der Waals surface area contributed by atoms with Gasteiger partial charge in [0.05, 0.1) is 36.2 Å². The topological polar surface area (TPSA) is 55.4 Å². The van der Waals surface area contributed by atoms with Crippen LogP contribution in [0.4, 0.5) is 0 Å². The lowest BCUT2D eigenvalue weighted by atomic mass is 10.2. The fourth-order valence-corrected chi connectivity index (χ4v) is 2.89. The number of rotatable bonds is 2. The molecule has 2 rings (SSSR count). The molecule has 1 amide bonds. The minimum Gasteiger partial charge on any atom is -0.335 e. The Kier molecular flexibility index (Phi) is 6.00. The molecule has 2 aromatic rings. The molecular weight excluding hydrogens is 407 g/mol. The highest BCUT2D eigenvalue weighted by atomic mass is 35.5. The van der Waals surface area contributed by atoms with Gasteiger partial charge in [-0.15, -0.1) is 0 Å². The molecule has 0 saturated carbocycles. The molecule has 0 aromatic heterocycles. The molecule has 0 aliphatic rings. The SMILES string of the molecule is O=C(ONC(=O)c1c(Cl)c(Cl)c(Cl)c(Cl)c1Cl)c1ccccc1. The molecular formula is C14H6Cl5NO3. The summed E-state index contributed by atoms with van der Waals surface area (Å²) in [5.74, 6) is -1.66. The van der Waals surface area contributed by atoms with Gasteiger partial charge >= 0.3 is 5.97 Å². The molecule has 0 unspecified atom stereocenters. The fraction of sp³-hybridized carbons (Fsp3) is 0. The van der Waals surface area contributed by atoms with Crippen molar-refractivity contribution < 1.29 is 14.4 Å². The quantitative estimate of drug-likeness (QED) is 0.404. The van der Waals surface area contributed by atoms with Crippen LogP contribution in [0.15, 0.2) is 30.3 Å². The third-order valence-corrected chi connectivity index (χ3v) is 4.96. The number of hydrogen-bond donors (Lipinski definition) is 1. The highest BCUT2D eigenvalue weighted by Gasteiger charge is 2.25. The van der Waals surface area contributed by atoms with Gasteiger partial charge in [-0.25, -0.2) is 4.79 Å². The summed E-state index contributed by atoms with van der Waals surface area (Å²) in [6.07, 6.45) is 0. The van der Waals surface area contributed by atoms with Crippen molar-refractivity contribution in [3.05, 3.63) is 66.6 Å². The summed E-state index contributed by atoms with van der Waals surface area (Å²) in [5, 5.41) is -0.774. The van der Waals surface area contributed by atoms with Crippen LogP contribution in [0.2, 0.25) is 25.1 Å². The highest BCUT2D eigenvalue weighted by Crippen LogP contribution is 2.43. The second-order valence-electron chi connectivity index (χ2n) is 4.13. The molecule has 0 heterocycles. The predicted molar refractivity (Wildman–Crippen MR) is 90.8 cm³/mol. The van der Waals surface area contributed by atoms with E-state index in [-0.39, 0.29) is 36.2 Å². The molecule has 4 nitrogen and oxygen atoms in total. The van der Waals surface area contributed by atoms with Gasteiger partial charge in [-0.3, -0.25) is 4.79 Å². The molecule has 0 aliphatic heterocycles. The van der Waals surface area contributed by atoms with Crippen LogP contribution in [0.5, 0.6) is 0 Å². The second kappa shape index (κ2) is 7.60. The summed E-state index contributed by atoms with van der Waals surface area (Å²) in [7, 11) is 0. The van der Waals surface area contributed by atoms with Crippen molar-refractivity contribution in [1.82, 2.24) is 5.48 Å². The van der Waals surface area contributed by atoms with Crippen LogP contribution >= 0.6 is 58.0 Å². The number of amides is 1. The summed E-state index contributed by atoms with van der Waals surface area (Å²) in [5.41, 5.74) is 1.93. The Labute approximate surface area is 156 Å². The van der Waals surface area contributed by atoms with Crippen molar-refractivity contribution >= 4 is 69.9 Å². The molecule has 120 valence electrons. The molecule has 0 radical (unpaired) electrons. The van der Waals surface area contributed by atoms with Crippen LogP contribution in [0, 0.1) is 0 Å². The first-order chi connectivity index (χ1) is 10.8. The van der Waals surface area contributed by atoms with E-state index in [1.54, 1.807) is 18.2 Å². The van der Waals surface area contributed by atoms with E-state index in [4.69, 9.17) is 58.0 Å². The third-order valence-electron chi connectivity index (χ3n) is 2.68. The average molecular weight is 413 g/mol. The van der Waals surface area contributed by atoms with E-state index >= 15 is 0 Å². The lowest BCUT2D eigenvalue weighted by molar-refractivity contribution is 0.0230. The van der Waals surface area contributed by atoms with Gasteiger partial charge in [0.15, 0.2) is 0 Å². The lowest BCUT2D eigenvalue weighted by Crippen LogP contribution is -2.27. The Morgan fingerprint density at radius 2 is 1.26 bits per heavy atom. The average Bonchev–Trinajstić information content (AvgIpc) is 2.57. The monoisotopic (exact) mass is 411 g/mol. The highest BCUT2D eigenvalue weighted by molar-refractivity contribution is 6.56. The van der Waals surface area contributed by atoms with Gasteiger partial charge in [-0.1, -0.05) is 76.2 Å². The van der Waals surface area contributed by atoms with E-state index in [2.05, 4.69) is 4.84 Å². The summed E-state index contributed by atoms with van der Waals surface area (Å²) < 4.78 is 0. The Balaban J connectivity index is 2.21. The minimum absolute atomic E-state index is 0.0823. The summed E-state index contributed by atoms with van der Waals surface area (Å²) in [6.45, 7) is 0. The Bertz CT molecular complexity index is 751. The van der Waals surface area contributed by atoms with Crippen molar-refractivity contribution in [3.63, 3.8) is 0 Å². The molecule has 0 fully saturated rings. The Hall–Kier alpha value is -1.17. The summed E-state index contributed by atoms with van der Waals surface area (Å²) >= 11 is 29.4. The zero-order valence-electron chi connectivity index (χ0n) is 11.0. The zero-order chi connectivity index (χ0) is 17.1. The van der Waals surface area contributed by atoms with Crippen LogP contribution < -0.4 is 5.48 Å². The Morgan fingerprint density at radius 3 is 1.78 bits per heavy atom. The van der Waals surface area contributed by atoms with Gasteiger partial charge in [0.25, 0.3) is 5.91 Å². The largest absolute Gasteiger partial charge is 0.362 e. The molecule has 0 aliphatic carbocycles. The maximum Gasteiger partial charge on any atom is 0.362 e. The molecule has 9 heteroatoms. The number of nitrogens with one attached hydrogen (secondary N) is 1. The minimum atomic E-state index is -0.898. The van der Waals surface area contributed by atoms with Crippen LogP contribution in [0.25, 0.3) is 0 Å². The first-order valence-electron chi connectivity index (χ1n) is 5.92. The number of hydroxylamine groups is 1. The molecule has 2 aromatic carbocycles. The molecule has 0 bridgehead atoms. The Morgan fingerprint density at radius 1 is 0.783 bits per heavy atom. The lowest BCUT2D eigenvalue weighted by Gasteiger charge is -2.12. The van der Waals surface area contributed by atoms with E-state index in [9.17, 15) is 9.59 Å². The predicted octanol–water partition coefficient (Wildman–Crippen LogP) is 5.46. The fourth-order valence-electron chi connectivity index (χ4n) is 1.58. The van der Waals surface area contributed by atoms with Crippen molar-refractivity contribution in [3.8, 4) is 0 Å². The molecule has 0 atom stereocenters. The summed E-state index contributed by atoms with van der Waals surface area (Å²) in [4.78, 5) is 28.6.